The Morgan fingerprint density at radius 1 is 0.939 bits per heavy atom. The van der Waals surface area contributed by atoms with Crippen molar-refractivity contribution in [3.05, 3.63) is 71.5 Å². The molecular formula is C25H31N5O2S. The number of hydrogen-bond donors (Lipinski definition) is 0. The van der Waals surface area contributed by atoms with Gasteiger partial charge in [0.05, 0.1) is 18.9 Å². The number of benzene rings is 2. The lowest BCUT2D eigenvalue weighted by Crippen LogP contribution is -2.48. The average molecular weight is 466 g/mol. The number of carbonyl (C=O) groups excluding carboxylic acids is 1. The number of carbonyl (C=O) groups is 1. The zero-order valence-corrected chi connectivity index (χ0v) is 20.1. The summed E-state index contributed by atoms with van der Waals surface area (Å²) in [5.41, 5.74) is 2.46. The average Bonchev–Trinajstić information content (AvgIpc) is 3.19. The molecule has 1 aliphatic rings. The molecule has 0 N–H and O–H groups in total. The molecule has 1 fully saturated rings. The van der Waals surface area contributed by atoms with Gasteiger partial charge in [0.25, 0.3) is 0 Å². The van der Waals surface area contributed by atoms with Gasteiger partial charge in [-0.2, -0.15) is 0 Å². The van der Waals surface area contributed by atoms with E-state index in [2.05, 4.69) is 43.9 Å². The Kier molecular flexibility index (Phi) is 8.01. The molecule has 174 valence electrons. The third kappa shape index (κ3) is 6.36. The van der Waals surface area contributed by atoms with Crippen LogP contribution in [0.5, 0.6) is 5.75 Å². The van der Waals surface area contributed by atoms with Crippen molar-refractivity contribution >= 4 is 17.7 Å². The van der Waals surface area contributed by atoms with Crippen molar-refractivity contribution in [2.75, 3.05) is 38.5 Å². The Morgan fingerprint density at radius 2 is 1.64 bits per heavy atom. The van der Waals surface area contributed by atoms with E-state index in [1.54, 1.807) is 0 Å². The molecule has 7 nitrogen and oxygen atoms in total. The SMILES string of the molecule is CCOc1ccc(CN2CCN(C(=O)CSc3nnc(C)n3Cc3ccccc3)CC2)cc1. The molecular weight excluding hydrogens is 434 g/mol. The van der Waals surface area contributed by atoms with Gasteiger partial charge in [-0.15, -0.1) is 10.2 Å². The Labute approximate surface area is 199 Å². The number of piperazine rings is 1. The van der Waals surface area contributed by atoms with Crippen molar-refractivity contribution in [1.82, 2.24) is 24.6 Å². The molecule has 2 aromatic carbocycles. The second-order valence-corrected chi connectivity index (χ2v) is 9.07. The van der Waals surface area contributed by atoms with Gasteiger partial charge in [0, 0.05) is 32.7 Å². The highest BCUT2D eigenvalue weighted by atomic mass is 32.2. The van der Waals surface area contributed by atoms with E-state index in [9.17, 15) is 4.79 Å². The summed E-state index contributed by atoms with van der Waals surface area (Å²) in [6.45, 7) is 9.50. The number of aromatic nitrogens is 3. The van der Waals surface area contributed by atoms with Gasteiger partial charge in [0.1, 0.15) is 11.6 Å². The van der Waals surface area contributed by atoms with E-state index in [-0.39, 0.29) is 5.91 Å². The van der Waals surface area contributed by atoms with E-state index >= 15 is 0 Å². The molecule has 2 heterocycles. The first-order valence-corrected chi connectivity index (χ1v) is 12.4. The van der Waals surface area contributed by atoms with E-state index in [1.165, 1.54) is 22.9 Å². The number of amides is 1. The number of rotatable bonds is 9. The fourth-order valence-corrected chi connectivity index (χ4v) is 4.79. The van der Waals surface area contributed by atoms with Crippen molar-refractivity contribution in [1.29, 1.82) is 0 Å². The molecule has 8 heteroatoms. The third-order valence-corrected chi connectivity index (χ3v) is 6.73. The van der Waals surface area contributed by atoms with Gasteiger partial charge >= 0.3 is 0 Å². The Balaban J connectivity index is 1.24. The number of thioether (sulfide) groups is 1. The zero-order valence-electron chi connectivity index (χ0n) is 19.3. The molecule has 1 saturated heterocycles. The van der Waals surface area contributed by atoms with Crippen LogP contribution in [0.1, 0.15) is 23.9 Å². The lowest BCUT2D eigenvalue weighted by molar-refractivity contribution is -0.130. The van der Waals surface area contributed by atoms with Crippen LogP contribution in [0.15, 0.2) is 59.8 Å². The standard InChI is InChI=1S/C25H31N5O2S/c1-3-32-23-11-9-22(10-12-23)17-28-13-15-29(16-14-28)24(31)19-33-25-27-26-20(2)30(25)18-21-7-5-4-6-8-21/h4-12H,3,13-19H2,1-2H3. The highest BCUT2D eigenvalue weighted by Gasteiger charge is 2.22. The van der Waals surface area contributed by atoms with Gasteiger partial charge in [0.2, 0.25) is 5.91 Å². The van der Waals surface area contributed by atoms with E-state index in [0.717, 1.165) is 49.5 Å². The summed E-state index contributed by atoms with van der Waals surface area (Å²) in [4.78, 5) is 17.2. The van der Waals surface area contributed by atoms with Crippen molar-refractivity contribution in [3.63, 3.8) is 0 Å². The fourth-order valence-electron chi connectivity index (χ4n) is 3.91. The zero-order chi connectivity index (χ0) is 23.0. The molecule has 4 rings (SSSR count). The largest absolute Gasteiger partial charge is 0.494 e. The second-order valence-electron chi connectivity index (χ2n) is 8.12. The van der Waals surface area contributed by atoms with Gasteiger partial charge in [-0.1, -0.05) is 54.2 Å². The van der Waals surface area contributed by atoms with Crippen LogP contribution in [0.4, 0.5) is 0 Å². The molecule has 1 aliphatic heterocycles. The predicted octanol–water partition coefficient (Wildman–Crippen LogP) is 3.47. The van der Waals surface area contributed by atoms with Gasteiger partial charge in [0.15, 0.2) is 5.16 Å². The summed E-state index contributed by atoms with van der Waals surface area (Å²) in [5.74, 6) is 2.31. The minimum atomic E-state index is 0.160. The Morgan fingerprint density at radius 3 is 2.33 bits per heavy atom. The molecule has 0 spiro atoms. The van der Waals surface area contributed by atoms with Crippen LogP contribution in [0, 0.1) is 6.92 Å². The number of nitrogens with zero attached hydrogens (tertiary/aromatic N) is 5. The minimum absolute atomic E-state index is 0.160. The van der Waals surface area contributed by atoms with Crippen LogP contribution < -0.4 is 4.74 Å². The van der Waals surface area contributed by atoms with Crippen LogP contribution in [-0.2, 0) is 17.9 Å². The highest BCUT2D eigenvalue weighted by molar-refractivity contribution is 7.99. The van der Waals surface area contributed by atoms with Gasteiger partial charge in [-0.05, 0) is 37.1 Å². The molecule has 1 aromatic heterocycles. The minimum Gasteiger partial charge on any atom is -0.494 e. The first-order valence-electron chi connectivity index (χ1n) is 11.4. The predicted molar refractivity (Wildman–Crippen MR) is 130 cm³/mol. The van der Waals surface area contributed by atoms with Crippen LogP contribution in [0.3, 0.4) is 0 Å². The highest BCUT2D eigenvalue weighted by Crippen LogP contribution is 2.20. The maximum atomic E-state index is 12.8. The molecule has 0 aliphatic carbocycles. The maximum Gasteiger partial charge on any atom is 0.233 e. The first-order chi connectivity index (χ1) is 16.1. The summed E-state index contributed by atoms with van der Waals surface area (Å²) < 4.78 is 7.59. The van der Waals surface area contributed by atoms with Crippen LogP contribution in [-0.4, -0.2) is 69.0 Å². The van der Waals surface area contributed by atoms with Crippen LogP contribution >= 0.6 is 11.8 Å². The van der Waals surface area contributed by atoms with E-state index in [1.807, 2.05) is 49.1 Å². The molecule has 0 unspecified atom stereocenters. The Bertz CT molecular complexity index is 1030. The summed E-state index contributed by atoms with van der Waals surface area (Å²) in [6.07, 6.45) is 0. The van der Waals surface area contributed by atoms with Crippen LogP contribution in [0.25, 0.3) is 0 Å². The fraction of sp³-hybridized carbons (Fsp3) is 0.400. The molecule has 33 heavy (non-hydrogen) atoms. The number of hydrogen-bond acceptors (Lipinski definition) is 6. The topological polar surface area (TPSA) is 63.5 Å². The quantitative estimate of drug-likeness (QED) is 0.451. The molecule has 0 radical (unpaired) electrons. The van der Waals surface area contributed by atoms with E-state index < -0.39 is 0 Å². The lowest BCUT2D eigenvalue weighted by Gasteiger charge is -2.34. The van der Waals surface area contributed by atoms with Crippen molar-refractivity contribution in [2.24, 2.45) is 0 Å². The summed E-state index contributed by atoms with van der Waals surface area (Å²) in [5, 5.41) is 9.31. The molecule has 0 atom stereocenters. The van der Waals surface area contributed by atoms with Crippen LogP contribution in [0.2, 0.25) is 0 Å². The summed E-state index contributed by atoms with van der Waals surface area (Å²) in [7, 11) is 0. The van der Waals surface area contributed by atoms with Gasteiger partial charge < -0.3 is 14.2 Å². The molecule has 3 aromatic rings. The van der Waals surface area contributed by atoms with Crippen molar-refractivity contribution < 1.29 is 9.53 Å². The monoisotopic (exact) mass is 465 g/mol. The lowest BCUT2D eigenvalue weighted by atomic mass is 10.2. The second kappa shape index (κ2) is 11.3. The number of aryl methyl sites for hydroxylation is 1. The molecule has 1 amide bonds. The third-order valence-electron chi connectivity index (χ3n) is 5.78. The van der Waals surface area contributed by atoms with Gasteiger partial charge in [-0.25, -0.2) is 0 Å². The van der Waals surface area contributed by atoms with Gasteiger partial charge in [-0.3, -0.25) is 9.69 Å². The Hall–Kier alpha value is -2.84. The summed E-state index contributed by atoms with van der Waals surface area (Å²) >= 11 is 1.47. The first kappa shape index (κ1) is 23.3. The maximum absolute atomic E-state index is 12.8. The van der Waals surface area contributed by atoms with Crippen molar-refractivity contribution in [2.45, 2.75) is 32.1 Å². The number of ether oxygens (including phenoxy) is 1. The van der Waals surface area contributed by atoms with E-state index in [4.69, 9.17) is 4.74 Å². The smallest absolute Gasteiger partial charge is 0.233 e. The van der Waals surface area contributed by atoms with E-state index in [0.29, 0.717) is 18.9 Å². The molecule has 0 saturated carbocycles. The van der Waals surface area contributed by atoms with Crippen molar-refractivity contribution in [3.8, 4) is 5.75 Å². The molecule has 0 bridgehead atoms. The normalized spacial score (nSPS) is 14.4. The summed E-state index contributed by atoms with van der Waals surface area (Å²) in [6, 6.07) is 18.5.